The molecule has 0 unspecified atom stereocenters. The van der Waals surface area contributed by atoms with Gasteiger partial charge in [-0.1, -0.05) is 23.2 Å². The quantitative estimate of drug-likeness (QED) is 0.490. The van der Waals surface area contributed by atoms with Gasteiger partial charge in [0.1, 0.15) is 5.75 Å². The lowest BCUT2D eigenvalue weighted by Gasteiger charge is -2.09. The van der Waals surface area contributed by atoms with Crippen molar-refractivity contribution in [1.82, 2.24) is 0 Å². The number of thiophene rings is 1. The summed E-state index contributed by atoms with van der Waals surface area (Å²) in [6.45, 7) is 2.35. The third-order valence-electron chi connectivity index (χ3n) is 2.40. The second-order valence-corrected chi connectivity index (χ2v) is 7.28. The standard InChI is InChI=1S/C13H9Cl2IO2S/c1-2-18-11-5-9(14)8(4-10(11)15)13(17)7-3-12(16)19-6-7/h3-6H,2H2,1H3. The van der Waals surface area contributed by atoms with Gasteiger partial charge in [-0.05, 0) is 41.6 Å². The second kappa shape index (κ2) is 6.43. The van der Waals surface area contributed by atoms with Gasteiger partial charge in [0.2, 0.25) is 0 Å². The highest BCUT2D eigenvalue weighted by Gasteiger charge is 2.17. The molecular weight excluding hydrogens is 418 g/mol. The Balaban J connectivity index is 2.40. The van der Waals surface area contributed by atoms with E-state index in [2.05, 4.69) is 22.6 Å². The van der Waals surface area contributed by atoms with Crippen molar-refractivity contribution in [2.24, 2.45) is 0 Å². The number of hydrogen-bond acceptors (Lipinski definition) is 3. The molecule has 1 heterocycles. The Hall–Kier alpha value is -0.300. The van der Waals surface area contributed by atoms with Crippen LogP contribution in [0.25, 0.3) is 0 Å². The van der Waals surface area contributed by atoms with Crippen molar-refractivity contribution in [2.75, 3.05) is 6.61 Å². The summed E-state index contributed by atoms with van der Waals surface area (Å²) in [6, 6.07) is 4.97. The molecule has 2 nitrogen and oxygen atoms in total. The fourth-order valence-electron chi connectivity index (χ4n) is 1.55. The molecule has 0 radical (unpaired) electrons. The Labute approximate surface area is 138 Å². The van der Waals surface area contributed by atoms with Crippen LogP contribution in [0.4, 0.5) is 0 Å². The molecule has 0 atom stereocenters. The highest BCUT2D eigenvalue weighted by atomic mass is 127. The van der Waals surface area contributed by atoms with Crippen LogP contribution in [0.5, 0.6) is 5.75 Å². The van der Waals surface area contributed by atoms with Crippen LogP contribution in [0.1, 0.15) is 22.8 Å². The first-order valence-corrected chi connectivity index (χ1v) is 8.15. The molecule has 0 bridgehead atoms. The maximum absolute atomic E-state index is 12.3. The predicted molar refractivity (Wildman–Crippen MR) is 88.1 cm³/mol. The molecule has 6 heteroatoms. The maximum Gasteiger partial charge on any atom is 0.195 e. The zero-order chi connectivity index (χ0) is 14.0. The molecule has 2 rings (SSSR count). The van der Waals surface area contributed by atoms with E-state index in [0.29, 0.717) is 33.5 Å². The lowest BCUT2D eigenvalue weighted by molar-refractivity contribution is 0.103. The van der Waals surface area contributed by atoms with E-state index in [1.54, 1.807) is 12.1 Å². The van der Waals surface area contributed by atoms with Gasteiger partial charge in [-0.2, -0.15) is 0 Å². The average molecular weight is 427 g/mol. The van der Waals surface area contributed by atoms with Gasteiger partial charge in [0.25, 0.3) is 0 Å². The summed E-state index contributed by atoms with van der Waals surface area (Å²) < 4.78 is 6.39. The highest BCUT2D eigenvalue weighted by molar-refractivity contribution is 14.1. The van der Waals surface area contributed by atoms with Crippen molar-refractivity contribution < 1.29 is 9.53 Å². The fraction of sp³-hybridized carbons (Fsp3) is 0.154. The van der Waals surface area contributed by atoms with E-state index < -0.39 is 0 Å². The second-order valence-electron chi connectivity index (χ2n) is 3.66. The monoisotopic (exact) mass is 426 g/mol. The van der Waals surface area contributed by atoms with Gasteiger partial charge in [0, 0.05) is 22.6 Å². The number of carbonyl (C=O) groups excluding carboxylic acids is 1. The number of rotatable bonds is 4. The Morgan fingerprint density at radius 2 is 2.05 bits per heavy atom. The normalized spacial score (nSPS) is 10.5. The van der Waals surface area contributed by atoms with Crippen molar-refractivity contribution in [3.8, 4) is 5.75 Å². The molecule has 0 amide bonds. The summed E-state index contributed by atoms with van der Waals surface area (Å²) in [5, 5.41) is 2.55. The molecule has 1 aromatic carbocycles. The predicted octanol–water partition coefficient (Wildman–Crippen LogP) is 5.29. The summed E-state index contributed by atoms with van der Waals surface area (Å²) in [7, 11) is 0. The molecule has 0 fully saturated rings. The molecule has 100 valence electrons. The van der Waals surface area contributed by atoms with E-state index in [9.17, 15) is 4.79 Å². The number of benzene rings is 1. The molecular formula is C13H9Cl2IO2S. The number of ether oxygens (including phenoxy) is 1. The Morgan fingerprint density at radius 3 is 2.63 bits per heavy atom. The van der Waals surface area contributed by atoms with Crippen LogP contribution in [-0.4, -0.2) is 12.4 Å². The Kier molecular flexibility index (Phi) is 5.11. The van der Waals surface area contributed by atoms with Gasteiger partial charge >= 0.3 is 0 Å². The zero-order valence-corrected chi connectivity index (χ0v) is 14.4. The van der Waals surface area contributed by atoms with E-state index in [1.807, 2.05) is 18.4 Å². The molecule has 0 spiro atoms. The van der Waals surface area contributed by atoms with Gasteiger partial charge in [-0.15, -0.1) is 11.3 Å². The molecule has 0 N–H and O–H groups in total. The first-order chi connectivity index (χ1) is 9.02. The molecule has 2 aromatic rings. The van der Waals surface area contributed by atoms with Crippen molar-refractivity contribution in [1.29, 1.82) is 0 Å². The number of halogens is 3. The van der Waals surface area contributed by atoms with Crippen LogP contribution in [0.15, 0.2) is 23.6 Å². The van der Waals surface area contributed by atoms with Crippen LogP contribution < -0.4 is 4.74 Å². The summed E-state index contributed by atoms with van der Waals surface area (Å²) >= 11 is 15.9. The smallest absolute Gasteiger partial charge is 0.195 e. The van der Waals surface area contributed by atoms with Crippen molar-refractivity contribution >= 4 is 62.9 Å². The minimum atomic E-state index is -0.130. The van der Waals surface area contributed by atoms with E-state index in [4.69, 9.17) is 27.9 Å². The summed E-state index contributed by atoms with van der Waals surface area (Å²) in [4.78, 5) is 12.3. The van der Waals surface area contributed by atoms with Crippen LogP contribution in [0, 0.1) is 2.88 Å². The van der Waals surface area contributed by atoms with Gasteiger partial charge in [-0.3, -0.25) is 4.79 Å². The van der Waals surface area contributed by atoms with E-state index in [1.165, 1.54) is 11.3 Å². The van der Waals surface area contributed by atoms with E-state index in [0.717, 1.165) is 2.88 Å². The Bertz CT molecular complexity index is 625. The molecule has 0 saturated heterocycles. The lowest BCUT2D eigenvalue weighted by atomic mass is 10.1. The SMILES string of the molecule is CCOc1cc(Cl)c(C(=O)c2csc(I)c2)cc1Cl. The highest BCUT2D eigenvalue weighted by Crippen LogP contribution is 2.33. The van der Waals surface area contributed by atoms with E-state index >= 15 is 0 Å². The van der Waals surface area contributed by atoms with Crippen LogP contribution in [-0.2, 0) is 0 Å². The van der Waals surface area contributed by atoms with Crippen LogP contribution >= 0.6 is 57.1 Å². The Morgan fingerprint density at radius 1 is 1.32 bits per heavy atom. The molecule has 0 aliphatic carbocycles. The number of ketones is 1. The van der Waals surface area contributed by atoms with Crippen molar-refractivity contribution in [2.45, 2.75) is 6.92 Å². The minimum Gasteiger partial charge on any atom is -0.492 e. The van der Waals surface area contributed by atoms with E-state index in [-0.39, 0.29) is 5.78 Å². The first-order valence-electron chi connectivity index (χ1n) is 5.43. The topological polar surface area (TPSA) is 26.3 Å². The third-order valence-corrected chi connectivity index (χ3v) is 4.79. The molecule has 0 aliphatic heterocycles. The first kappa shape index (κ1) is 15.1. The molecule has 0 saturated carbocycles. The third kappa shape index (κ3) is 3.42. The van der Waals surface area contributed by atoms with Crippen LogP contribution in [0.2, 0.25) is 10.0 Å². The molecule has 19 heavy (non-hydrogen) atoms. The zero-order valence-electron chi connectivity index (χ0n) is 9.88. The summed E-state index contributed by atoms with van der Waals surface area (Å²) in [5.41, 5.74) is 1.01. The van der Waals surface area contributed by atoms with Crippen molar-refractivity contribution in [3.63, 3.8) is 0 Å². The average Bonchev–Trinajstić information content (AvgIpc) is 2.79. The van der Waals surface area contributed by atoms with Gasteiger partial charge in [0.15, 0.2) is 5.78 Å². The van der Waals surface area contributed by atoms with Gasteiger partial charge in [0.05, 0.1) is 19.5 Å². The number of hydrogen-bond donors (Lipinski definition) is 0. The fourth-order valence-corrected chi connectivity index (χ4v) is 3.34. The molecule has 1 aromatic heterocycles. The lowest BCUT2D eigenvalue weighted by Crippen LogP contribution is -2.02. The largest absolute Gasteiger partial charge is 0.492 e. The summed E-state index contributed by atoms with van der Waals surface area (Å²) in [6.07, 6.45) is 0. The van der Waals surface area contributed by atoms with Gasteiger partial charge < -0.3 is 4.74 Å². The summed E-state index contributed by atoms with van der Waals surface area (Å²) in [5.74, 6) is 0.361. The minimum absolute atomic E-state index is 0.130. The molecule has 0 aliphatic rings. The number of carbonyl (C=O) groups is 1. The maximum atomic E-state index is 12.3. The van der Waals surface area contributed by atoms with Crippen molar-refractivity contribution in [3.05, 3.63) is 47.6 Å². The van der Waals surface area contributed by atoms with Crippen LogP contribution in [0.3, 0.4) is 0 Å². The van der Waals surface area contributed by atoms with Gasteiger partial charge in [-0.25, -0.2) is 0 Å².